The highest BCUT2D eigenvalue weighted by molar-refractivity contribution is 6.34. The molecule has 164 valence electrons. The second-order valence-electron chi connectivity index (χ2n) is 6.10. The number of aryl methyl sites for hydroxylation is 1. The van der Waals surface area contributed by atoms with Crippen molar-refractivity contribution in [2.24, 2.45) is 5.10 Å². The lowest BCUT2D eigenvalue weighted by molar-refractivity contribution is -0.344. The Morgan fingerprint density at radius 1 is 1.07 bits per heavy atom. The molecule has 0 saturated carbocycles. The number of benzene rings is 1. The normalized spacial score (nSPS) is 13.2. The number of nitrogens with one attached hydrogen (secondary N) is 1. The Labute approximate surface area is 175 Å². The number of hydrazone groups is 1. The second-order valence-corrected chi connectivity index (χ2v) is 6.95. The Bertz CT molecular complexity index is 1000. The lowest BCUT2D eigenvalue weighted by Gasteiger charge is -2.26. The van der Waals surface area contributed by atoms with Crippen LogP contribution in [0.1, 0.15) is 17.0 Å². The lowest BCUT2D eigenvalue weighted by atomic mass is 10.1. The Kier molecular flexibility index (Phi) is 6.48. The minimum Gasteiger partial charge on any atom is -0.316 e. The van der Waals surface area contributed by atoms with Crippen molar-refractivity contribution in [3.05, 3.63) is 51.3 Å². The van der Waals surface area contributed by atoms with Crippen molar-refractivity contribution < 1.29 is 35.5 Å². The molecule has 0 spiro atoms. The summed E-state index contributed by atoms with van der Waals surface area (Å²) in [7, 11) is 0. The summed E-state index contributed by atoms with van der Waals surface area (Å²) in [6.07, 6.45) is -5.81. The largest absolute Gasteiger partial charge is 0.460 e. The first kappa shape index (κ1) is 24.0. The summed E-state index contributed by atoms with van der Waals surface area (Å²) in [5.41, 5.74) is 2.75. The molecule has 1 N–H and O–H groups in total. The molecule has 0 atom stereocenters. The van der Waals surface area contributed by atoms with Gasteiger partial charge in [-0.2, -0.15) is 35.8 Å². The zero-order valence-corrected chi connectivity index (χ0v) is 16.6. The predicted molar refractivity (Wildman–Crippen MR) is 96.9 cm³/mol. The van der Waals surface area contributed by atoms with Crippen molar-refractivity contribution in [3.63, 3.8) is 0 Å². The number of amides is 1. The summed E-state index contributed by atoms with van der Waals surface area (Å²) < 4.78 is 90.3. The molecule has 1 aromatic heterocycles. The molecule has 0 aliphatic heterocycles. The Morgan fingerprint density at radius 3 is 2.23 bits per heavy atom. The van der Waals surface area contributed by atoms with Crippen LogP contribution in [0.5, 0.6) is 0 Å². The fourth-order valence-corrected chi connectivity index (χ4v) is 2.87. The molecule has 0 unspecified atom stereocenters. The summed E-state index contributed by atoms with van der Waals surface area (Å²) >= 11 is 12.1. The van der Waals surface area contributed by atoms with Gasteiger partial charge >= 0.3 is 23.9 Å². The number of rotatable bonds is 5. The quantitative estimate of drug-likeness (QED) is 0.336. The number of hydrogen-bond donors (Lipinski definition) is 1. The molecule has 4 nitrogen and oxygen atoms in total. The SMILES string of the molecule is Cc1cc(/C=N/NC(=O)C(F)(F)C(F)(F)C(F)(F)F)c(C)n1-c1cc(Cl)ccc1Cl. The van der Waals surface area contributed by atoms with Gasteiger partial charge in [0.1, 0.15) is 0 Å². The Hall–Kier alpha value is -2.27. The van der Waals surface area contributed by atoms with E-state index in [1.807, 2.05) is 0 Å². The van der Waals surface area contributed by atoms with E-state index in [4.69, 9.17) is 23.2 Å². The van der Waals surface area contributed by atoms with Crippen molar-refractivity contribution in [2.75, 3.05) is 0 Å². The standard InChI is InChI=1S/C17H12Cl2F7N3O/c1-8-5-10(9(2)29(8)13-6-11(18)3-4-12(13)19)7-27-28-14(30)15(20,21)16(22,23)17(24,25)26/h3-7H,1-2H3,(H,28,30)/b27-7+. The zero-order chi connectivity index (χ0) is 23.1. The van der Waals surface area contributed by atoms with Crippen LogP contribution in [0.15, 0.2) is 29.4 Å². The van der Waals surface area contributed by atoms with E-state index in [9.17, 15) is 35.5 Å². The average molecular weight is 478 g/mol. The van der Waals surface area contributed by atoms with Gasteiger partial charge in [0, 0.05) is 22.0 Å². The van der Waals surface area contributed by atoms with Crippen LogP contribution in [0.4, 0.5) is 30.7 Å². The maximum atomic E-state index is 13.3. The van der Waals surface area contributed by atoms with E-state index in [0.29, 0.717) is 27.1 Å². The molecule has 0 fully saturated rings. The minimum atomic E-state index is -6.63. The van der Waals surface area contributed by atoms with Crippen LogP contribution in [-0.4, -0.2) is 34.7 Å². The van der Waals surface area contributed by atoms with E-state index in [1.165, 1.54) is 12.1 Å². The molecule has 2 aromatic rings. The number of hydrogen-bond acceptors (Lipinski definition) is 2. The number of alkyl halides is 7. The number of halogens is 9. The van der Waals surface area contributed by atoms with Crippen molar-refractivity contribution >= 4 is 35.3 Å². The third-order valence-corrected chi connectivity index (χ3v) is 4.58. The molecule has 0 aliphatic rings. The number of carbonyl (C=O) groups is 1. The van der Waals surface area contributed by atoms with Crippen LogP contribution in [0.25, 0.3) is 5.69 Å². The first-order chi connectivity index (χ1) is 13.6. The average Bonchev–Trinajstić information content (AvgIpc) is 2.89. The molecule has 0 aliphatic carbocycles. The summed E-state index contributed by atoms with van der Waals surface area (Å²) in [5, 5.41) is 3.77. The lowest BCUT2D eigenvalue weighted by Crippen LogP contribution is -2.58. The van der Waals surface area contributed by atoms with E-state index < -0.39 is 23.9 Å². The molecule has 2 rings (SSSR count). The van der Waals surface area contributed by atoms with Crippen molar-refractivity contribution in [3.8, 4) is 5.69 Å². The number of aromatic nitrogens is 1. The summed E-state index contributed by atoms with van der Waals surface area (Å²) in [6, 6.07) is 6.13. The van der Waals surface area contributed by atoms with E-state index in [1.54, 1.807) is 30.5 Å². The van der Waals surface area contributed by atoms with Gasteiger partial charge in [-0.25, -0.2) is 5.43 Å². The fraction of sp³-hybridized carbons (Fsp3) is 0.294. The van der Waals surface area contributed by atoms with Gasteiger partial charge in [-0.3, -0.25) is 4.79 Å². The van der Waals surface area contributed by atoms with Crippen molar-refractivity contribution in [1.29, 1.82) is 0 Å². The van der Waals surface area contributed by atoms with Gasteiger partial charge in [-0.15, -0.1) is 0 Å². The molecule has 0 radical (unpaired) electrons. The topological polar surface area (TPSA) is 46.4 Å². The van der Waals surface area contributed by atoms with Crippen LogP contribution in [0, 0.1) is 13.8 Å². The molecule has 1 heterocycles. The highest BCUT2D eigenvalue weighted by atomic mass is 35.5. The summed E-state index contributed by atoms with van der Waals surface area (Å²) in [5.74, 6) is -15.5. The smallest absolute Gasteiger partial charge is 0.316 e. The number of nitrogens with zero attached hydrogens (tertiary/aromatic N) is 2. The van der Waals surface area contributed by atoms with Crippen LogP contribution in [0.2, 0.25) is 10.0 Å². The first-order valence-electron chi connectivity index (χ1n) is 7.91. The van der Waals surface area contributed by atoms with Crippen molar-refractivity contribution in [1.82, 2.24) is 9.99 Å². The molecule has 0 bridgehead atoms. The van der Waals surface area contributed by atoms with Crippen LogP contribution in [0.3, 0.4) is 0 Å². The molecule has 30 heavy (non-hydrogen) atoms. The van der Waals surface area contributed by atoms with Gasteiger partial charge in [0.05, 0.1) is 16.9 Å². The molecule has 1 amide bonds. The summed E-state index contributed by atoms with van der Waals surface area (Å²) in [4.78, 5) is 11.2. The van der Waals surface area contributed by atoms with Gasteiger partial charge in [0.2, 0.25) is 0 Å². The Balaban J connectivity index is 2.28. The van der Waals surface area contributed by atoms with E-state index in [-0.39, 0.29) is 5.56 Å². The molecule has 13 heteroatoms. The monoisotopic (exact) mass is 477 g/mol. The molecule has 1 aromatic carbocycles. The van der Waals surface area contributed by atoms with Crippen LogP contribution >= 0.6 is 23.2 Å². The minimum absolute atomic E-state index is 0.245. The summed E-state index contributed by atoms with van der Waals surface area (Å²) in [6.45, 7) is 3.22. The highest BCUT2D eigenvalue weighted by Gasteiger charge is 2.76. The van der Waals surface area contributed by atoms with Crippen LogP contribution < -0.4 is 5.43 Å². The van der Waals surface area contributed by atoms with Gasteiger partial charge in [0.15, 0.2) is 0 Å². The zero-order valence-electron chi connectivity index (χ0n) is 15.1. The van der Waals surface area contributed by atoms with E-state index in [2.05, 4.69) is 5.10 Å². The molecular formula is C17H12Cl2F7N3O. The molecule has 0 saturated heterocycles. The Morgan fingerprint density at radius 2 is 1.67 bits per heavy atom. The molecular weight excluding hydrogens is 466 g/mol. The predicted octanol–water partition coefficient (Wildman–Crippen LogP) is 5.68. The second kappa shape index (κ2) is 8.10. The van der Waals surface area contributed by atoms with E-state index >= 15 is 0 Å². The number of carbonyl (C=O) groups excluding carboxylic acids is 1. The first-order valence-corrected chi connectivity index (χ1v) is 8.67. The third kappa shape index (κ3) is 4.27. The van der Waals surface area contributed by atoms with Crippen molar-refractivity contribution in [2.45, 2.75) is 31.9 Å². The van der Waals surface area contributed by atoms with Gasteiger partial charge in [-0.1, -0.05) is 23.2 Å². The van der Waals surface area contributed by atoms with E-state index in [0.717, 1.165) is 11.6 Å². The van der Waals surface area contributed by atoms with Crippen LogP contribution in [-0.2, 0) is 4.79 Å². The van der Waals surface area contributed by atoms with Gasteiger partial charge in [0.25, 0.3) is 0 Å². The third-order valence-electron chi connectivity index (χ3n) is 4.02. The highest BCUT2D eigenvalue weighted by Crippen LogP contribution is 2.46. The maximum absolute atomic E-state index is 13.3. The van der Waals surface area contributed by atoms with Gasteiger partial charge in [-0.05, 0) is 38.1 Å². The van der Waals surface area contributed by atoms with Gasteiger partial charge < -0.3 is 4.57 Å². The fourth-order valence-electron chi connectivity index (χ4n) is 2.50. The maximum Gasteiger partial charge on any atom is 0.460 e.